The van der Waals surface area contributed by atoms with Crippen LogP contribution >= 0.6 is 0 Å². The molecule has 3 aromatic rings. The Hall–Kier alpha value is -3.32. The summed E-state index contributed by atoms with van der Waals surface area (Å²) in [4.78, 5) is 26.9. The number of carbonyl (C=O) groups excluding carboxylic acids is 1. The molecule has 6 rings (SSSR count). The van der Waals surface area contributed by atoms with Crippen LogP contribution in [0, 0.1) is 17.7 Å². The average molecular weight is 556 g/mol. The van der Waals surface area contributed by atoms with E-state index in [1.54, 1.807) is 0 Å². The second kappa shape index (κ2) is 13.1. The SMILES string of the molecule is O=C([C@H]1CC[C@H](Nc2ncc(F)c(-c3cccc(-c4ccccc4)c3)n2)CC1)N1CCC(CN2CCCCC2)CC1. The summed E-state index contributed by atoms with van der Waals surface area (Å²) in [5.41, 5.74) is 3.12. The van der Waals surface area contributed by atoms with Crippen molar-refractivity contribution in [1.82, 2.24) is 19.8 Å². The molecule has 1 N–H and O–H groups in total. The third kappa shape index (κ3) is 6.95. The molecule has 1 aliphatic carbocycles. The normalized spacial score (nSPS) is 22.4. The van der Waals surface area contributed by atoms with Gasteiger partial charge >= 0.3 is 0 Å². The van der Waals surface area contributed by atoms with Gasteiger partial charge in [-0.25, -0.2) is 14.4 Å². The van der Waals surface area contributed by atoms with Crippen LogP contribution in [0.2, 0.25) is 0 Å². The molecule has 1 saturated carbocycles. The number of hydrogen-bond donors (Lipinski definition) is 1. The van der Waals surface area contributed by atoms with Crippen LogP contribution in [0.4, 0.5) is 10.3 Å². The molecular weight excluding hydrogens is 513 g/mol. The van der Waals surface area contributed by atoms with Crippen molar-refractivity contribution in [2.75, 3.05) is 38.0 Å². The van der Waals surface area contributed by atoms with Gasteiger partial charge in [-0.05, 0) is 87.6 Å². The lowest BCUT2D eigenvalue weighted by Crippen LogP contribution is -2.45. The first-order valence-corrected chi connectivity index (χ1v) is 15.6. The third-order valence-corrected chi connectivity index (χ3v) is 9.29. The highest BCUT2D eigenvalue weighted by atomic mass is 19.1. The zero-order valence-corrected chi connectivity index (χ0v) is 24.0. The molecule has 1 aromatic heterocycles. The largest absolute Gasteiger partial charge is 0.351 e. The molecule has 2 saturated heterocycles. The number of nitrogens with zero attached hydrogens (tertiary/aromatic N) is 4. The van der Waals surface area contributed by atoms with Gasteiger partial charge in [0.2, 0.25) is 11.9 Å². The first kappa shape index (κ1) is 27.8. The Morgan fingerprint density at radius 2 is 1.54 bits per heavy atom. The minimum atomic E-state index is -0.435. The molecule has 0 radical (unpaired) electrons. The van der Waals surface area contributed by atoms with Gasteiger partial charge in [-0.2, -0.15) is 0 Å². The second-order valence-corrected chi connectivity index (χ2v) is 12.2. The van der Waals surface area contributed by atoms with Gasteiger partial charge in [-0.15, -0.1) is 0 Å². The number of piperidine rings is 2. The van der Waals surface area contributed by atoms with Gasteiger partial charge < -0.3 is 15.1 Å². The number of amides is 1. The van der Waals surface area contributed by atoms with E-state index >= 15 is 0 Å². The van der Waals surface area contributed by atoms with E-state index in [1.165, 1.54) is 45.1 Å². The Morgan fingerprint density at radius 1 is 0.829 bits per heavy atom. The van der Waals surface area contributed by atoms with Gasteiger partial charge in [-0.3, -0.25) is 4.79 Å². The predicted molar refractivity (Wildman–Crippen MR) is 162 cm³/mol. The van der Waals surface area contributed by atoms with E-state index in [0.717, 1.165) is 74.2 Å². The number of carbonyl (C=O) groups is 1. The Kier molecular flexibility index (Phi) is 8.90. The van der Waals surface area contributed by atoms with E-state index in [2.05, 4.69) is 25.1 Å². The van der Waals surface area contributed by atoms with Crippen LogP contribution in [0.5, 0.6) is 0 Å². The number of aromatic nitrogens is 2. The third-order valence-electron chi connectivity index (χ3n) is 9.29. The van der Waals surface area contributed by atoms with Crippen molar-refractivity contribution >= 4 is 11.9 Å². The summed E-state index contributed by atoms with van der Waals surface area (Å²) in [6, 6.07) is 18.1. The molecule has 6 nitrogen and oxygen atoms in total. The molecular formula is C34H42FN5O. The Labute approximate surface area is 243 Å². The number of rotatable bonds is 7. The Morgan fingerprint density at radius 3 is 2.29 bits per heavy atom. The van der Waals surface area contributed by atoms with Crippen molar-refractivity contribution < 1.29 is 9.18 Å². The highest BCUT2D eigenvalue weighted by Gasteiger charge is 2.32. The number of nitrogens with one attached hydrogen (secondary N) is 1. The van der Waals surface area contributed by atoms with Gasteiger partial charge in [0.15, 0.2) is 5.82 Å². The van der Waals surface area contributed by atoms with Crippen LogP contribution in [-0.2, 0) is 4.79 Å². The van der Waals surface area contributed by atoms with Crippen molar-refractivity contribution in [3.05, 3.63) is 66.6 Å². The number of benzene rings is 2. The summed E-state index contributed by atoms with van der Waals surface area (Å²) < 4.78 is 14.8. The first-order chi connectivity index (χ1) is 20.1. The minimum Gasteiger partial charge on any atom is -0.351 e. The molecule has 3 heterocycles. The van der Waals surface area contributed by atoms with Crippen molar-refractivity contribution in [2.45, 2.75) is 63.8 Å². The minimum absolute atomic E-state index is 0.108. The topological polar surface area (TPSA) is 61.4 Å². The highest BCUT2D eigenvalue weighted by Crippen LogP contribution is 2.31. The van der Waals surface area contributed by atoms with E-state index in [0.29, 0.717) is 17.5 Å². The lowest BCUT2D eigenvalue weighted by atomic mass is 9.84. The van der Waals surface area contributed by atoms with Crippen molar-refractivity contribution in [3.63, 3.8) is 0 Å². The smallest absolute Gasteiger partial charge is 0.225 e. The number of anilines is 1. The van der Waals surface area contributed by atoms with Crippen LogP contribution in [0.25, 0.3) is 22.4 Å². The van der Waals surface area contributed by atoms with Crippen LogP contribution in [-0.4, -0.2) is 64.4 Å². The van der Waals surface area contributed by atoms with Gasteiger partial charge in [0.05, 0.1) is 6.20 Å². The van der Waals surface area contributed by atoms with Crippen molar-refractivity contribution in [2.24, 2.45) is 11.8 Å². The summed E-state index contributed by atoms with van der Waals surface area (Å²) in [6.45, 7) is 5.54. The standard InChI is InChI=1S/C34H42FN5O/c35-31-23-36-34(38-32(31)29-11-7-10-28(22-29)26-8-3-1-4-9-26)37-30-14-12-27(13-15-30)33(41)40-20-16-25(17-21-40)24-39-18-5-2-6-19-39/h1,3-4,7-11,22-23,25,27,30H,2,5-6,12-21,24H2,(H,36,37,38)/t27-,30-. The molecule has 7 heteroatoms. The molecule has 0 atom stereocenters. The molecule has 216 valence electrons. The van der Waals surface area contributed by atoms with E-state index in [4.69, 9.17) is 0 Å². The molecule has 0 bridgehead atoms. The summed E-state index contributed by atoms with van der Waals surface area (Å²) >= 11 is 0. The fourth-order valence-electron chi connectivity index (χ4n) is 6.88. The van der Waals surface area contributed by atoms with E-state index in [-0.39, 0.29) is 12.0 Å². The summed E-state index contributed by atoms with van der Waals surface area (Å²) in [5, 5.41) is 3.43. The van der Waals surface area contributed by atoms with Gasteiger partial charge in [0.1, 0.15) is 5.69 Å². The van der Waals surface area contributed by atoms with Crippen LogP contribution in [0.1, 0.15) is 57.8 Å². The molecule has 0 spiro atoms. The fourth-order valence-corrected chi connectivity index (χ4v) is 6.88. The molecule has 1 amide bonds. The zero-order chi connectivity index (χ0) is 28.0. The molecule has 41 heavy (non-hydrogen) atoms. The van der Waals surface area contributed by atoms with E-state index in [9.17, 15) is 9.18 Å². The molecule has 2 aromatic carbocycles. The predicted octanol–water partition coefficient (Wildman–Crippen LogP) is 6.64. The number of likely N-dealkylation sites (tertiary alicyclic amines) is 2. The zero-order valence-electron chi connectivity index (χ0n) is 24.0. The van der Waals surface area contributed by atoms with Gasteiger partial charge in [0.25, 0.3) is 0 Å². The highest BCUT2D eigenvalue weighted by molar-refractivity contribution is 5.79. The van der Waals surface area contributed by atoms with E-state index in [1.807, 2.05) is 54.6 Å². The van der Waals surface area contributed by atoms with Gasteiger partial charge in [0, 0.05) is 37.2 Å². The molecule has 3 aliphatic rings. The van der Waals surface area contributed by atoms with Crippen molar-refractivity contribution in [1.29, 1.82) is 0 Å². The average Bonchev–Trinajstić information content (AvgIpc) is 3.03. The lowest BCUT2D eigenvalue weighted by Gasteiger charge is -2.38. The molecule has 3 fully saturated rings. The Balaban J connectivity index is 1.01. The van der Waals surface area contributed by atoms with Crippen LogP contribution in [0.3, 0.4) is 0 Å². The summed E-state index contributed by atoms with van der Waals surface area (Å²) in [6.07, 6.45) is 11.1. The summed E-state index contributed by atoms with van der Waals surface area (Å²) in [5.74, 6) is 1.20. The maximum atomic E-state index is 14.8. The monoisotopic (exact) mass is 555 g/mol. The van der Waals surface area contributed by atoms with E-state index < -0.39 is 5.82 Å². The molecule has 2 aliphatic heterocycles. The lowest BCUT2D eigenvalue weighted by molar-refractivity contribution is -0.138. The quantitative estimate of drug-likeness (QED) is 0.354. The number of halogens is 1. The maximum Gasteiger partial charge on any atom is 0.225 e. The molecule has 0 unspecified atom stereocenters. The summed E-state index contributed by atoms with van der Waals surface area (Å²) in [7, 11) is 0. The van der Waals surface area contributed by atoms with Crippen LogP contribution < -0.4 is 5.32 Å². The maximum absolute atomic E-state index is 14.8. The first-order valence-electron chi connectivity index (χ1n) is 15.6. The van der Waals surface area contributed by atoms with Gasteiger partial charge in [-0.1, -0.05) is 55.0 Å². The van der Waals surface area contributed by atoms with Crippen LogP contribution in [0.15, 0.2) is 60.8 Å². The Bertz CT molecular complexity index is 1300. The number of hydrogen-bond acceptors (Lipinski definition) is 5. The second-order valence-electron chi connectivity index (χ2n) is 12.2. The van der Waals surface area contributed by atoms with Crippen molar-refractivity contribution in [3.8, 4) is 22.4 Å². The fraction of sp³-hybridized carbons (Fsp3) is 0.500.